The Morgan fingerprint density at radius 3 is 2.71 bits per heavy atom. The van der Waals surface area contributed by atoms with Crippen LogP contribution in [0.1, 0.15) is 35.2 Å². The van der Waals surface area contributed by atoms with Crippen LogP contribution < -0.4 is 5.32 Å². The second-order valence-corrected chi connectivity index (χ2v) is 6.32. The largest absolute Gasteiger partial charge is 0.350 e. The molecule has 0 radical (unpaired) electrons. The van der Waals surface area contributed by atoms with Crippen LogP contribution in [0.5, 0.6) is 0 Å². The normalized spacial score (nSPS) is 10.9. The number of hydrogen-bond donors (Lipinski definition) is 1. The Morgan fingerprint density at radius 2 is 1.92 bits per heavy atom. The number of hydrogen-bond acceptors (Lipinski definition) is 2. The lowest BCUT2D eigenvalue weighted by Crippen LogP contribution is -2.22. The summed E-state index contributed by atoms with van der Waals surface area (Å²) in [6, 6.07) is 12.6. The summed E-state index contributed by atoms with van der Waals surface area (Å²) in [5.74, 6) is 0.0790. The van der Waals surface area contributed by atoms with Crippen molar-refractivity contribution in [3.05, 3.63) is 71.2 Å². The number of nitrogens with zero attached hydrogens (tertiary/aromatic N) is 2. The van der Waals surface area contributed by atoms with Crippen molar-refractivity contribution in [2.45, 2.75) is 39.7 Å². The highest BCUT2D eigenvalue weighted by atomic mass is 16.1. The molecule has 2 aromatic heterocycles. The fraction of sp³-hybridized carbons (Fsp3) is 0.300. The molecule has 0 aliphatic rings. The number of pyridine rings is 1. The van der Waals surface area contributed by atoms with Gasteiger partial charge in [0.25, 0.3) is 0 Å². The summed E-state index contributed by atoms with van der Waals surface area (Å²) in [5, 5.41) is 2.96. The minimum absolute atomic E-state index is 0.0790. The predicted molar refractivity (Wildman–Crippen MR) is 95.9 cm³/mol. The van der Waals surface area contributed by atoms with Gasteiger partial charge < -0.3 is 9.72 Å². The minimum Gasteiger partial charge on any atom is -0.350 e. The van der Waals surface area contributed by atoms with E-state index >= 15 is 0 Å². The molecule has 3 rings (SSSR count). The molecular weight excluding hydrogens is 298 g/mol. The third-order valence-electron chi connectivity index (χ3n) is 4.12. The number of nitrogens with one attached hydrogen (secondary N) is 1. The molecule has 0 saturated carbocycles. The molecule has 1 amide bonds. The fourth-order valence-electron chi connectivity index (χ4n) is 2.71. The van der Waals surface area contributed by atoms with E-state index in [0.29, 0.717) is 13.0 Å². The molecule has 0 atom stereocenters. The Morgan fingerprint density at radius 1 is 1.12 bits per heavy atom. The van der Waals surface area contributed by atoms with Crippen molar-refractivity contribution in [3.63, 3.8) is 0 Å². The van der Waals surface area contributed by atoms with Crippen LogP contribution in [0.4, 0.5) is 0 Å². The smallest absolute Gasteiger partial charge is 0.220 e. The molecular formula is C20H23N3O. The van der Waals surface area contributed by atoms with Gasteiger partial charge in [0, 0.05) is 18.8 Å². The number of rotatable bonds is 6. The maximum atomic E-state index is 12.0. The number of amides is 1. The van der Waals surface area contributed by atoms with Crippen LogP contribution >= 0.6 is 0 Å². The third-order valence-corrected chi connectivity index (χ3v) is 4.12. The Labute approximate surface area is 142 Å². The standard InChI is InChI=1S/C20H23N3O/c1-15-6-8-17(9-7-15)4-3-5-20(24)21-13-18-14-23-11-10-16(2)12-19(23)22-18/h6-12,14H,3-5,13H2,1-2H3,(H,21,24). The molecule has 0 aliphatic heterocycles. The summed E-state index contributed by atoms with van der Waals surface area (Å²) >= 11 is 0. The van der Waals surface area contributed by atoms with E-state index in [9.17, 15) is 4.79 Å². The van der Waals surface area contributed by atoms with Crippen LogP contribution in [-0.2, 0) is 17.8 Å². The molecule has 0 aliphatic carbocycles. The number of aryl methyl sites for hydroxylation is 3. The van der Waals surface area contributed by atoms with Crippen molar-refractivity contribution < 1.29 is 4.79 Å². The van der Waals surface area contributed by atoms with Crippen molar-refractivity contribution in [2.24, 2.45) is 0 Å². The first-order valence-electron chi connectivity index (χ1n) is 8.36. The van der Waals surface area contributed by atoms with Crippen molar-refractivity contribution >= 4 is 11.6 Å². The van der Waals surface area contributed by atoms with Crippen molar-refractivity contribution in [2.75, 3.05) is 0 Å². The van der Waals surface area contributed by atoms with E-state index in [4.69, 9.17) is 0 Å². The van der Waals surface area contributed by atoms with E-state index in [2.05, 4.69) is 41.5 Å². The molecule has 4 heteroatoms. The van der Waals surface area contributed by atoms with E-state index in [0.717, 1.165) is 24.2 Å². The third kappa shape index (κ3) is 4.22. The molecule has 0 unspecified atom stereocenters. The van der Waals surface area contributed by atoms with Crippen LogP contribution in [0.15, 0.2) is 48.8 Å². The Hall–Kier alpha value is -2.62. The van der Waals surface area contributed by atoms with Crippen LogP contribution in [0.2, 0.25) is 0 Å². The average molecular weight is 321 g/mol. The first kappa shape index (κ1) is 16.2. The van der Waals surface area contributed by atoms with Gasteiger partial charge in [0.05, 0.1) is 12.2 Å². The summed E-state index contributed by atoms with van der Waals surface area (Å²) in [5.41, 5.74) is 5.52. The first-order chi connectivity index (χ1) is 11.6. The number of fused-ring (bicyclic) bond motifs is 1. The summed E-state index contributed by atoms with van der Waals surface area (Å²) in [6.45, 7) is 4.60. The molecule has 0 saturated heterocycles. The SMILES string of the molecule is Cc1ccc(CCCC(=O)NCc2cn3ccc(C)cc3n2)cc1. The van der Waals surface area contributed by atoms with Crippen LogP contribution in [0.25, 0.3) is 5.65 Å². The van der Waals surface area contributed by atoms with Gasteiger partial charge in [-0.15, -0.1) is 0 Å². The van der Waals surface area contributed by atoms with Gasteiger partial charge in [0.1, 0.15) is 5.65 Å². The van der Waals surface area contributed by atoms with Gasteiger partial charge >= 0.3 is 0 Å². The highest BCUT2D eigenvalue weighted by Gasteiger charge is 2.05. The average Bonchev–Trinajstić information content (AvgIpc) is 2.97. The molecule has 3 aromatic rings. The van der Waals surface area contributed by atoms with E-state index in [1.807, 2.05) is 35.9 Å². The van der Waals surface area contributed by atoms with Gasteiger partial charge in [-0.25, -0.2) is 4.98 Å². The second kappa shape index (κ2) is 7.30. The zero-order valence-electron chi connectivity index (χ0n) is 14.2. The van der Waals surface area contributed by atoms with E-state index in [1.54, 1.807) is 0 Å². The van der Waals surface area contributed by atoms with Crippen molar-refractivity contribution in [3.8, 4) is 0 Å². The van der Waals surface area contributed by atoms with Gasteiger partial charge in [-0.2, -0.15) is 0 Å². The molecule has 2 heterocycles. The van der Waals surface area contributed by atoms with E-state index in [-0.39, 0.29) is 5.91 Å². The maximum Gasteiger partial charge on any atom is 0.220 e. The number of carbonyl (C=O) groups is 1. The minimum atomic E-state index is 0.0790. The van der Waals surface area contributed by atoms with Gasteiger partial charge in [-0.3, -0.25) is 4.79 Å². The zero-order valence-corrected chi connectivity index (χ0v) is 14.2. The maximum absolute atomic E-state index is 12.0. The van der Waals surface area contributed by atoms with Crippen molar-refractivity contribution in [1.29, 1.82) is 0 Å². The zero-order chi connectivity index (χ0) is 16.9. The van der Waals surface area contributed by atoms with Gasteiger partial charge in [-0.1, -0.05) is 29.8 Å². The molecule has 0 fully saturated rings. The summed E-state index contributed by atoms with van der Waals surface area (Å²) in [4.78, 5) is 16.5. The van der Waals surface area contributed by atoms with Crippen LogP contribution in [-0.4, -0.2) is 15.3 Å². The molecule has 124 valence electrons. The Bertz CT molecular complexity index is 834. The topological polar surface area (TPSA) is 46.4 Å². The lowest BCUT2D eigenvalue weighted by Gasteiger charge is -2.04. The highest BCUT2D eigenvalue weighted by molar-refractivity contribution is 5.75. The van der Waals surface area contributed by atoms with Gasteiger partial charge in [0.2, 0.25) is 5.91 Å². The summed E-state index contributed by atoms with van der Waals surface area (Å²) in [7, 11) is 0. The van der Waals surface area contributed by atoms with E-state index < -0.39 is 0 Å². The number of benzene rings is 1. The van der Waals surface area contributed by atoms with Crippen LogP contribution in [0, 0.1) is 13.8 Å². The fourth-order valence-corrected chi connectivity index (χ4v) is 2.71. The molecule has 24 heavy (non-hydrogen) atoms. The lowest BCUT2D eigenvalue weighted by atomic mass is 10.1. The molecule has 4 nitrogen and oxygen atoms in total. The molecule has 1 N–H and O–H groups in total. The van der Waals surface area contributed by atoms with Gasteiger partial charge in [0.15, 0.2) is 0 Å². The first-order valence-corrected chi connectivity index (χ1v) is 8.36. The summed E-state index contributed by atoms with van der Waals surface area (Å²) < 4.78 is 1.98. The predicted octanol–water partition coefficient (Wildman–Crippen LogP) is 3.59. The number of aromatic nitrogens is 2. The second-order valence-electron chi connectivity index (χ2n) is 6.32. The molecule has 0 bridgehead atoms. The Balaban J connectivity index is 1.45. The number of imidazole rings is 1. The molecule has 0 spiro atoms. The monoisotopic (exact) mass is 321 g/mol. The van der Waals surface area contributed by atoms with Crippen molar-refractivity contribution in [1.82, 2.24) is 14.7 Å². The van der Waals surface area contributed by atoms with E-state index in [1.165, 1.54) is 16.7 Å². The summed E-state index contributed by atoms with van der Waals surface area (Å²) in [6.07, 6.45) is 6.28. The molecule has 1 aromatic carbocycles. The number of carbonyl (C=O) groups excluding carboxylic acids is 1. The van der Waals surface area contributed by atoms with Crippen LogP contribution in [0.3, 0.4) is 0 Å². The lowest BCUT2D eigenvalue weighted by molar-refractivity contribution is -0.121. The quantitative estimate of drug-likeness (QED) is 0.754. The highest BCUT2D eigenvalue weighted by Crippen LogP contribution is 2.09. The Kier molecular flexibility index (Phi) is 4.94. The van der Waals surface area contributed by atoms with Gasteiger partial charge in [-0.05, 0) is 49.9 Å².